The fourth-order valence-corrected chi connectivity index (χ4v) is 2.12. The molecule has 2 rings (SSSR count). The van der Waals surface area contributed by atoms with Crippen LogP contribution < -0.4 is 10.6 Å². The lowest BCUT2D eigenvalue weighted by Crippen LogP contribution is -2.30. The van der Waals surface area contributed by atoms with Crippen LogP contribution >= 0.6 is 11.6 Å². The van der Waals surface area contributed by atoms with E-state index in [1.165, 1.54) is 0 Å². The van der Waals surface area contributed by atoms with Crippen molar-refractivity contribution in [2.75, 3.05) is 5.32 Å². The smallest absolute Gasteiger partial charge is 0.271 e. The van der Waals surface area contributed by atoms with Crippen molar-refractivity contribution in [3.8, 4) is 0 Å². The molecule has 1 heterocycles. The monoisotopic (exact) mass is 320 g/mol. The summed E-state index contributed by atoms with van der Waals surface area (Å²) in [6, 6.07) is 7.13. The molecule has 2 aromatic rings. The molecule has 0 atom stereocenters. The van der Waals surface area contributed by atoms with E-state index in [1.54, 1.807) is 12.1 Å². The van der Waals surface area contributed by atoms with Crippen LogP contribution in [0.25, 0.3) is 0 Å². The summed E-state index contributed by atoms with van der Waals surface area (Å²) in [6.45, 7) is 5.51. The third-order valence-corrected chi connectivity index (χ3v) is 3.34. The molecule has 116 valence electrons. The normalized spacial score (nSPS) is 10.6. The molecule has 0 aliphatic heterocycles. The van der Waals surface area contributed by atoms with E-state index in [2.05, 4.69) is 20.8 Å². The van der Waals surface area contributed by atoms with Crippen molar-refractivity contribution in [2.24, 2.45) is 0 Å². The Balaban J connectivity index is 2.18. The Labute approximate surface area is 133 Å². The number of hydrogen-bond acceptors (Lipinski definition) is 3. The molecule has 0 bridgehead atoms. The number of aromatic amines is 1. The van der Waals surface area contributed by atoms with Crippen molar-refractivity contribution in [1.29, 1.82) is 0 Å². The number of anilines is 1. The highest BCUT2D eigenvalue weighted by molar-refractivity contribution is 6.36. The maximum atomic E-state index is 12.2. The van der Waals surface area contributed by atoms with E-state index in [0.29, 0.717) is 5.56 Å². The first-order valence-electron chi connectivity index (χ1n) is 6.82. The summed E-state index contributed by atoms with van der Waals surface area (Å²) in [5.41, 5.74) is 1.48. The molecule has 0 fully saturated rings. The number of halogens is 1. The second-order valence-electron chi connectivity index (χ2n) is 5.16. The SMILES string of the molecule is Cc1ccccc1C(=O)Nc1n[nH]c(C(=O)NC(C)C)c1Cl. The van der Waals surface area contributed by atoms with Gasteiger partial charge in [0.25, 0.3) is 11.8 Å². The summed E-state index contributed by atoms with van der Waals surface area (Å²) >= 11 is 6.10. The fraction of sp³-hybridized carbons (Fsp3) is 0.267. The molecule has 0 unspecified atom stereocenters. The molecule has 3 N–H and O–H groups in total. The van der Waals surface area contributed by atoms with Crippen LogP contribution in [0.4, 0.5) is 5.82 Å². The predicted octanol–water partition coefficient (Wildman–Crippen LogP) is 2.76. The lowest BCUT2D eigenvalue weighted by atomic mass is 10.1. The van der Waals surface area contributed by atoms with Crippen LogP contribution in [0, 0.1) is 6.92 Å². The van der Waals surface area contributed by atoms with Crippen molar-refractivity contribution in [2.45, 2.75) is 26.8 Å². The van der Waals surface area contributed by atoms with Crippen molar-refractivity contribution in [1.82, 2.24) is 15.5 Å². The van der Waals surface area contributed by atoms with Gasteiger partial charge in [0.15, 0.2) is 5.82 Å². The number of benzene rings is 1. The van der Waals surface area contributed by atoms with Crippen LogP contribution in [-0.2, 0) is 0 Å². The van der Waals surface area contributed by atoms with Crippen LogP contribution in [0.1, 0.15) is 40.3 Å². The average molecular weight is 321 g/mol. The van der Waals surface area contributed by atoms with Crippen LogP contribution in [0.2, 0.25) is 5.02 Å². The Hall–Kier alpha value is -2.34. The minimum atomic E-state index is -0.371. The van der Waals surface area contributed by atoms with Gasteiger partial charge in [0, 0.05) is 11.6 Å². The van der Waals surface area contributed by atoms with E-state index in [4.69, 9.17) is 11.6 Å². The third-order valence-electron chi connectivity index (χ3n) is 2.98. The first kappa shape index (κ1) is 16.0. The van der Waals surface area contributed by atoms with Crippen LogP contribution in [-0.4, -0.2) is 28.1 Å². The molecular formula is C15H17ClN4O2. The number of H-pyrrole nitrogens is 1. The lowest BCUT2D eigenvalue weighted by Gasteiger charge is -2.07. The number of aromatic nitrogens is 2. The van der Waals surface area contributed by atoms with E-state index in [1.807, 2.05) is 32.9 Å². The molecule has 0 aliphatic carbocycles. The first-order chi connectivity index (χ1) is 10.4. The van der Waals surface area contributed by atoms with Crippen molar-refractivity contribution >= 4 is 29.2 Å². The number of carbonyl (C=O) groups is 2. The molecule has 0 aliphatic rings. The van der Waals surface area contributed by atoms with Gasteiger partial charge in [0.2, 0.25) is 0 Å². The summed E-state index contributed by atoms with van der Waals surface area (Å²) in [4.78, 5) is 24.1. The Morgan fingerprint density at radius 3 is 2.55 bits per heavy atom. The molecule has 2 amide bonds. The summed E-state index contributed by atoms with van der Waals surface area (Å²) in [5, 5.41) is 11.8. The van der Waals surface area contributed by atoms with Crippen LogP contribution in [0.15, 0.2) is 24.3 Å². The minimum absolute atomic E-state index is 0.0307. The molecule has 0 spiro atoms. The molecular weight excluding hydrogens is 304 g/mol. The molecule has 0 saturated heterocycles. The van der Waals surface area contributed by atoms with Gasteiger partial charge >= 0.3 is 0 Å². The highest BCUT2D eigenvalue weighted by Crippen LogP contribution is 2.24. The summed E-state index contributed by atoms with van der Waals surface area (Å²) in [6.07, 6.45) is 0. The Kier molecular flexibility index (Phi) is 4.82. The van der Waals surface area contributed by atoms with Gasteiger partial charge in [-0.1, -0.05) is 29.8 Å². The average Bonchev–Trinajstić information content (AvgIpc) is 2.80. The summed E-state index contributed by atoms with van der Waals surface area (Å²) in [5.74, 6) is -0.574. The predicted molar refractivity (Wildman–Crippen MR) is 85.3 cm³/mol. The number of rotatable bonds is 4. The fourth-order valence-electron chi connectivity index (χ4n) is 1.90. The Bertz CT molecular complexity index is 709. The number of carbonyl (C=O) groups excluding carboxylic acids is 2. The largest absolute Gasteiger partial charge is 0.348 e. The van der Waals surface area contributed by atoms with E-state index in [9.17, 15) is 9.59 Å². The number of aryl methyl sites for hydroxylation is 1. The second-order valence-corrected chi connectivity index (χ2v) is 5.54. The van der Waals surface area contributed by atoms with E-state index in [-0.39, 0.29) is 34.4 Å². The topological polar surface area (TPSA) is 86.9 Å². The third kappa shape index (κ3) is 3.46. The van der Waals surface area contributed by atoms with Crippen molar-refractivity contribution in [3.63, 3.8) is 0 Å². The first-order valence-corrected chi connectivity index (χ1v) is 7.19. The highest BCUT2D eigenvalue weighted by atomic mass is 35.5. The van der Waals surface area contributed by atoms with Gasteiger partial charge in [-0.2, -0.15) is 5.10 Å². The maximum Gasteiger partial charge on any atom is 0.271 e. The maximum absolute atomic E-state index is 12.2. The van der Waals surface area contributed by atoms with Crippen molar-refractivity contribution in [3.05, 3.63) is 46.1 Å². The van der Waals surface area contributed by atoms with Crippen LogP contribution in [0.5, 0.6) is 0 Å². The zero-order valence-electron chi connectivity index (χ0n) is 12.5. The van der Waals surface area contributed by atoms with Crippen molar-refractivity contribution < 1.29 is 9.59 Å². The minimum Gasteiger partial charge on any atom is -0.348 e. The van der Waals surface area contributed by atoms with Crippen LogP contribution in [0.3, 0.4) is 0 Å². The highest BCUT2D eigenvalue weighted by Gasteiger charge is 2.20. The molecule has 7 heteroatoms. The van der Waals surface area contributed by atoms with Gasteiger partial charge in [-0.3, -0.25) is 14.7 Å². The molecule has 1 aromatic carbocycles. The quantitative estimate of drug-likeness (QED) is 0.809. The number of hydrogen-bond donors (Lipinski definition) is 3. The zero-order valence-corrected chi connectivity index (χ0v) is 13.3. The van der Waals surface area contributed by atoms with E-state index >= 15 is 0 Å². The standard InChI is InChI=1S/C15H17ClN4O2/c1-8(2)17-15(22)12-11(16)13(20-19-12)18-14(21)10-7-5-4-6-9(10)3/h4-8H,1-3H3,(H,17,22)(H2,18,19,20,21). The number of nitrogens with one attached hydrogen (secondary N) is 3. The van der Waals surface area contributed by atoms with Gasteiger partial charge in [-0.25, -0.2) is 0 Å². The van der Waals surface area contributed by atoms with Gasteiger partial charge in [0.1, 0.15) is 10.7 Å². The molecule has 1 aromatic heterocycles. The Morgan fingerprint density at radius 1 is 1.23 bits per heavy atom. The lowest BCUT2D eigenvalue weighted by molar-refractivity contribution is 0.0937. The summed E-state index contributed by atoms with van der Waals surface area (Å²) in [7, 11) is 0. The Morgan fingerprint density at radius 2 is 1.91 bits per heavy atom. The molecule has 6 nitrogen and oxygen atoms in total. The summed E-state index contributed by atoms with van der Waals surface area (Å²) < 4.78 is 0. The number of amides is 2. The number of nitrogens with zero attached hydrogens (tertiary/aromatic N) is 1. The van der Waals surface area contributed by atoms with E-state index < -0.39 is 0 Å². The molecule has 0 radical (unpaired) electrons. The molecule has 0 saturated carbocycles. The van der Waals surface area contributed by atoms with Gasteiger partial charge in [-0.15, -0.1) is 0 Å². The van der Waals surface area contributed by atoms with E-state index in [0.717, 1.165) is 5.56 Å². The zero-order chi connectivity index (χ0) is 16.3. The van der Waals surface area contributed by atoms with Gasteiger partial charge in [-0.05, 0) is 32.4 Å². The van der Waals surface area contributed by atoms with Gasteiger partial charge in [0.05, 0.1) is 0 Å². The molecule has 22 heavy (non-hydrogen) atoms. The van der Waals surface area contributed by atoms with Gasteiger partial charge < -0.3 is 10.6 Å². The second kappa shape index (κ2) is 6.62.